The molecule has 1 aliphatic heterocycles. The summed E-state index contributed by atoms with van der Waals surface area (Å²) in [6.07, 6.45) is 0. The summed E-state index contributed by atoms with van der Waals surface area (Å²) >= 11 is 0. The number of fused-ring (bicyclic) bond motifs is 4. The summed E-state index contributed by atoms with van der Waals surface area (Å²) < 4.78 is 2.45. The lowest BCUT2D eigenvalue weighted by molar-refractivity contribution is 0.590. The number of aryl methyl sites for hydroxylation is 3. The molecule has 4 nitrogen and oxygen atoms in total. The smallest absolute Gasteiger partial charge is 0.247 e. The van der Waals surface area contributed by atoms with Gasteiger partial charge in [-0.1, -0.05) is 238 Å². The highest BCUT2D eigenvalue weighted by molar-refractivity contribution is 6.98. The van der Waals surface area contributed by atoms with E-state index in [0.717, 1.165) is 78.4 Å². The van der Waals surface area contributed by atoms with E-state index < -0.39 is 0 Å². The molecule has 5 heteroatoms. The van der Waals surface area contributed by atoms with Gasteiger partial charge < -0.3 is 14.4 Å². The van der Waals surface area contributed by atoms with Crippen molar-refractivity contribution in [3.63, 3.8) is 0 Å². The number of hydrogen-bond acceptors (Lipinski definition) is 3. The molecule has 9 aromatic carbocycles. The van der Waals surface area contributed by atoms with E-state index in [1.807, 2.05) is 0 Å². The molecule has 0 amide bonds. The van der Waals surface area contributed by atoms with Gasteiger partial charge in [-0.05, 0) is 188 Å². The molecule has 444 valence electrons. The van der Waals surface area contributed by atoms with Gasteiger partial charge in [-0.25, -0.2) is 0 Å². The van der Waals surface area contributed by atoms with Crippen molar-refractivity contribution < 1.29 is 0 Å². The fourth-order valence-corrected chi connectivity index (χ4v) is 13.4. The number of nitrogens with zero attached hydrogens (tertiary/aromatic N) is 3. The standard InChI is InChI=1S/C82H92BN3O/c1-51-45-52(2)74(53(3)46-51)83-67-50-60(82(19,20)21)34-44-70(67)86-69-43-33-59(81(16,17)18)49-65(69)76(87)66-47-54(48-68(83)75(66)86)73-71(84(61-35-25-55(26-36-61)77(4,5)6)62-37-27-56(28-38-62)78(7,8)9)23-22-24-72(73)85(63-39-29-57(30-40-63)79(10,11)12)64-41-31-58(32-42-64)80(13,14)15/h22-50H,1-21H3. The molecule has 0 saturated carbocycles. The van der Waals surface area contributed by atoms with E-state index in [0.29, 0.717) is 5.39 Å². The number of rotatable bonds is 8. The van der Waals surface area contributed by atoms with Gasteiger partial charge in [-0.15, -0.1) is 0 Å². The minimum absolute atomic E-state index is 0.0372. The van der Waals surface area contributed by atoms with Crippen molar-refractivity contribution in [2.45, 2.75) is 178 Å². The van der Waals surface area contributed by atoms with Crippen LogP contribution in [0.4, 0.5) is 34.1 Å². The Morgan fingerprint density at radius 1 is 0.368 bits per heavy atom. The van der Waals surface area contributed by atoms with E-state index in [1.54, 1.807) is 0 Å². The van der Waals surface area contributed by atoms with Gasteiger partial charge in [0.05, 0.1) is 22.4 Å². The average Bonchev–Trinajstić information content (AvgIpc) is 0.713. The number of benzene rings is 9. The van der Waals surface area contributed by atoms with Crippen LogP contribution in [0.5, 0.6) is 0 Å². The second-order valence-corrected chi connectivity index (χ2v) is 31.4. The lowest BCUT2D eigenvalue weighted by Crippen LogP contribution is -2.58. The molecule has 0 atom stereocenters. The van der Waals surface area contributed by atoms with Crippen LogP contribution < -0.4 is 31.6 Å². The summed E-state index contributed by atoms with van der Waals surface area (Å²) in [6.45, 7) is 47.6. The van der Waals surface area contributed by atoms with Crippen molar-refractivity contribution >= 4 is 79.0 Å². The van der Waals surface area contributed by atoms with Crippen LogP contribution in [-0.4, -0.2) is 11.3 Å². The Kier molecular flexibility index (Phi) is 15.0. The summed E-state index contributed by atoms with van der Waals surface area (Å²) in [4.78, 5) is 21.4. The maximum Gasteiger partial charge on any atom is 0.247 e. The van der Waals surface area contributed by atoms with Crippen LogP contribution in [0.15, 0.2) is 181 Å². The van der Waals surface area contributed by atoms with Gasteiger partial charge in [-0.3, -0.25) is 4.79 Å². The molecule has 0 radical (unpaired) electrons. The maximum absolute atomic E-state index is 16.5. The molecule has 1 aromatic heterocycles. The molecular weight excluding hydrogens is 1050 g/mol. The molecule has 0 N–H and O–H groups in total. The van der Waals surface area contributed by atoms with E-state index in [9.17, 15) is 0 Å². The summed E-state index contributed by atoms with van der Waals surface area (Å²) in [5.74, 6) is 0. The van der Waals surface area contributed by atoms with Gasteiger partial charge in [0.1, 0.15) is 0 Å². The zero-order chi connectivity index (χ0) is 62.8. The van der Waals surface area contributed by atoms with E-state index in [1.165, 1.54) is 55.4 Å². The zero-order valence-electron chi connectivity index (χ0n) is 56.1. The molecule has 0 fully saturated rings. The van der Waals surface area contributed by atoms with Crippen LogP contribution in [-0.2, 0) is 32.5 Å². The van der Waals surface area contributed by atoms with Crippen LogP contribution >= 0.6 is 0 Å². The van der Waals surface area contributed by atoms with E-state index >= 15 is 4.79 Å². The molecule has 0 saturated heterocycles. The second-order valence-electron chi connectivity index (χ2n) is 31.4. The second kappa shape index (κ2) is 21.5. The van der Waals surface area contributed by atoms with Crippen molar-refractivity contribution in [1.82, 2.24) is 4.57 Å². The Balaban J connectivity index is 1.35. The summed E-state index contributed by atoms with van der Waals surface area (Å²) in [7, 11) is 0. The fourth-order valence-electron chi connectivity index (χ4n) is 13.4. The van der Waals surface area contributed by atoms with Crippen molar-refractivity contribution in [1.29, 1.82) is 0 Å². The predicted octanol–water partition coefficient (Wildman–Crippen LogP) is 20.3. The SMILES string of the molecule is Cc1cc(C)c(B2c3cc(C(C)(C)C)ccc3-n3c4ccc(C(C)(C)C)cc4c(=O)c4cc(-c5c(N(c6ccc(C(C)(C)C)cc6)c6ccc(C(C)(C)C)cc6)cccc5N(c5ccc(C(C)(C)C)cc5)c5ccc(C(C)(C)C)cc5)cc2c43)c(C)c1. The van der Waals surface area contributed by atoms with E-state index in [2.05, 4.69) is 336 Å². The molecule has 10 aromatic rings. The molecular formula is C82H92BN3O. The zero-order valence-corrected chi connectivity index (χ0v) is 56.1. The Labute approximate surface area is 521 Å². The van der Waals surface area contributed by atoms with Crippen molar-refractivity contribution in [3.05, 3.63) is 236 Å². The Bertz CT molecular complexity index is 4070. The quantitative estimate of drug-likeness (QED) is 0.112. The molecule has 1 aliphatic rings. The normalized spacial score (nSPS) is 13.1. The Morgan fingerprint density at radius 2 is 0.736 bits per heavy atom. The third-order valence-corrected chi connectivity index (χ3v) is 18.5. The number of pyridine rings is 1. The highest BCUT2D eigenvalue weighted by Gasteiger charge is 2.38. The summed E-state index contributed by atoms with van der Waals surface area (Å²) in [5, 5.41) is 1.42. The molecule has 0 aliphatic carbocycles. The largest absolute Gasteiger partial charge is 0.310 e. The van der Waals surface area contributed by atoms with Crippen molar-refractivity contribution in [2.75, 3.05) is 9.80 Å². The highest BCUT2D eigenvalue weighted by Crippen LogP contribution is 2.50. The van der Waals surface area contributed by atoms with Crippen LogP contribution in [0.2, 0.25) is 0 Å². The minimum Gasteiger partial charge on any atom is -0.310 e. The van der Waals surface area contributed by atoms with Crippen LogP contribution in [0.25, 0.3) is 38.6 Å². The number of anilines is 6. The minimum atomic E-state index is -0.219. The van der Waals surface area contributed by atoms with Gasteiger partial charge in [0.25, 0.3) is 0 Å². The van der Waals surface area contributed by atoms with Crippen LogP contribution in [0.3, 0.4) is 0 Å². The van der Waals surface area contributed by atoms with Crippen molar-refractivity contribution in [2.24, 2.45) is 0 Å². The first-order valence-electron chi connectivity index (χ1n) is 31.6. The predicted molar refractivity (Wildman–Crippen MR) is 379 cm³/mol. The monoisotopic (exact) mass is 1150 g/mol. The lowest BCUT2D eigenvalue weighted by atomic mass is 9.34. The molecule has 2 heterocycles. The molecule has 11 rings (SSSR count). The van der Waals surface area contributed by atoms with E-state index in [-0.39, 0.29) is 44.6 Å². The average molecular weight is 1150 g/mol. The molecule has 0 spiro atoms. The van der Waals surface area contributed by atoms with Gasteiger partial charge in [0, 0.05) is 44.8 Å². The molecule has 0 bridgehead atoms. The topological polar surface area (TPSA) is 28.5 Å². The maximum atomic E-state index is 16.5. The van der Waals surface area contributed by atoms with Gasteiger partial charge >= 0.3 is 0 Å². The fraction of sp³-hybridized carbons (Fsp3) is 0.329. The highest BCUT2D eigenvalue weighted by atomic mass is 16.1. The van der Waals surface area contributed by atoms with Gasteiger partial charge in [0.15, 0.2) is 5.43 Å². The van der Waals surface area contributed by atoms with Gasteiger partial charge in [0.2, 0.25) is 6.71 Å². The van der Waals surface area contributed by atoms with Crippen molar-refractivity contribution in [3.8, 4) is 16.8 Å². The van der Waals surface area contributed by atoms with Crippen LogP contribution in [0, 0.1) is 20.8 Å². The Morgan fingerprint density at radius 3 is 1.13 bits per heavy atom. The summed E-state index contributed by atoms with van der Waals surface area (Å²) in [6, 6.07) is 66.9. The third kappa shape index (κ3) is 11.3. The van der Waals surface area contributed by atoms with Crippen LogP contribution in [0.1, 0.15) is 175 Å². The number of hydrogen-bond donors (Lipinski definition) is 0. The molecule has 0 unspecified atom stereocenters. The van der Waals surface area contributed by atoms with E-state index in [4.69, 9.17) is 0 Å². The lowest BCUT2D eigenvalue weighted by Gasteiger charge is -2.35. The Hall–Kier alpha value is -7.89. The first kappa shape index (κ1) is 60.8. The molecule has 87 heavy (non-hydrogen) atoms. The first-order valence-corrected chi connectivity index (χ1v) is 31.6. The summed E-state index contributed by atoms with van der Waals surface area (Å²) in [5.41, 5.74) is 25.4. The number of aromatic nitrogens is 1. The first-order chi connectivity index (χ1) is 40.6. The third-order valence-electron chi connectivity index (χ3n) is 18.5. The van der Waals surface area contributed by atoms with Gasteiger partial charge in [-0.2, -0.15) is 0 Å².